The summed E-state index contributed by atoms with van der Waals surface area (Å²) in [4.78, 5) is 24.9. The monoisotopic (exact) mass is 341 g/mol. The molecule has 0 bridgehead atoms. The van der Waals surface area contributed by atoms with Gasteiger partial charge in [-0.1, -0.05) is 31.0 Å². The molecule has 7 heteroatoms. The maximum atomic E-state index is 12.7. The summed E-state index contributed by atoms with van der Waals surface area (Å²) in [5, 5.41) is 11.1. The molecule has 1 aromatic carbocycles. The Bertz CT molecular complexity index is 577. The Kier molecular flexibility index (Phi) is 6.53. The van der Waals surface area contributed by atoms with Gasteiger partial charge in [0, 0.05) is 24.2 Å². The van der Waals surface area contributed by atoms with Gasteiger partial charge in [0.1, 0.15) is 0 Å². The zero-order chi connectivity index (χ0) is 16.3. The van der Waals surface area contributed by atoms with Crippen LogP contribution >= 0.6 is 12.4 Å². The molecule has 128 valence electrons. The van der Waals surface area contributed by atoms with Crippen molar-refractivity contribution in [1.29, 1.82) is 0 Å². The third kappa shape index (κ3) is 4.42. The van der Waals surface area contributed by atoms with Gasteiger partial charge in [-0.05, 0) is 19.8 Å². The number of carbonyl (C=O) groups is 1. The Morgan fingerprint density at radius 1 is 1.43 bits per heavy atom. The molecule has 1 aliphatic carbocycles. The molecule has 1 amide bonds. The Morgan fingerprint density at radius 3 is 2.70 bits per heavy atom. The molecule has 0 aliphatic heterocycles. The van der Waals surface area contributed by atoms with Gasteiger partial charge in [-0.2, -0.15) is 0 Å². The van der Waals surface area contributed by atoms with Crippen molar-refractivity contribution in [1.82, 2.24) is 4.90 Å². The first-order chi connectivity index (χ1) is 10.3. The van der Waals surface area contributed by atoms with Crippen LogP contribution in [0.3, 0.4) is 0 Å². The summed E-state index contributed by atoms with van der Waals surface area (Å²) in [6, 6.07) is 6.52. The number of amides is 1. The van der Waals surface area contributed by atoms with Crippen LogP contribution < -0.4 is 5.73 Å². The minimum Gasteiger partial charge on any atom is -0.341 e. The van der Waals surface area contributed by atoms with Crippen molar-refractivity contribution in [3.8, 4) is 0 Å². The second-order valence-corrected chi connectivity index (χ2v) is 6.38. The van der Waals surface area contributed by atoms with Crippen molar-refractivity contribution >= 4 is 24.0 Å². The van der Waals surface area contributed by atoms with E-state index in [9.17, 15) is 14.9 Å². The van der Waals surface area contributed by atoms with E-state index in [1.807, 2.05) is 6.92 Å². The maximum Gasteiger partial charge on any atom is 0.274 e. The van der Waals surface area contributed by atoms with Crippen molar-refractivity contribution in [3.05, 3.63) is 39.9 Å². The van der Waals surface area contributed by atoms with E-state index < -0.39 is 10.5 Å². The van der Waals surface area contributed by atoms with Crippen LogP contribution in [0.15, 0.2) is 24.3 Å². The quantitative estimate of drug-likeness (QED) is 0.673. The summed E-state index contributed by atoms with van der Waals surface area (Å²) in [5.74, 6) is -0.239. The first-order valence-corrected chi connectivity index (χ1v) is 7.59. The highest BCUT2D eigenvalue weighted by atomic mass is 35.5. The molecule has 2 N–H and O–H groups in total. The van der Waals surface area contributed by atoms with Gasteiger partial charge in [-0.3, -0.25) is 14.9 Å². The van der Waals surface area contributed by atoms with E-state index in [-0.39, 0.29) is 36.5 Å². The molecule has 1 saturated carbocycles. The van der Waals surface area contributed by atoms with E-state index in [0.29, 0.717) is 5.56 Å². The summed E-state index contributed by atoms with van der Waals surface area (Å²) >= 11 is 0. The SMILES string of the molecule is CN(Cc1ccccc1[N+](=O)[O-])C(=O)C1CCCCC1(C)N.Cl. The normalized spacial score (nSPS) is 23.7. The number of hydrogen-bond donors (Lipinski definition) is 1. The van der Waals surface area contributed by atoms with Gasteiger partial charge in [-0.25, -0.2) is 0 Å². The molecule has 2 unspecified atom stereocenters. The van der Waals surface area contributed by atoms with Crippen molar-refractivity contribution < 1.29 is 9.72 Å². The van der Waals surface area contributed by atoms with E-state index in [1.54, 1.807) is 30.1 Å². The Labute approximate surface area is 142 Å². The lowest BCUT2D eigenvalue weighted by atomic mass is 9.74. The number of nitrogens with two attached hydrogens (primary N) is 1. The number of nitro benzene ring substituents is 1. The molecule has 6 nitrogen and oxygen atoms in total. The minimum absolute atomic E-state index is 0. The number of hydrogen-bond acceptors (Lipinski definition) is 4. The molecular weight excluding hydrogens is 318 g/mol. The van der Waals surface area contributed by atoms with Gasteiger partial charge >= 0.3 is 0 Å². The van der Waals surface area contributed by atoms with Crippen molar-refractivity contribution in [3.63, 3.8) is 0 Å². The highest BCUT2D eigenvalue weighted by Gasteiger charge is 2.39. The summed E-state index contributed by atoms with van der Waals surface area (Å²) in [5.41, 5.74) is 6.37. The fourth-order valence-electron chi connectivity index (χ4n) is 3.19. The van der Waals surface area contributed by atoms with Crippen molar-refractivity contribution in [2.45, 2.75) is 44.7 Å². The van der Waals surface area contributed by atoms with Crippen LogP contribution in [-0.4, -0.2) is 28.3 Å². The standard InChI is InChI=1S/C16H23N3O3.ClH/c1-16(17)10-6-5-8-13(16)15(20)18(2)11-12-7-3-4-9-14(12)19(21)22;/h3-4,7,9,13H,5-6,8,10-11,17H2,1-2H3;1H. The van der Waals surface area contributed by atoms with Crippen LogP contribution in [-0.2, 0) is 11.3 Å². The van der Waals surface area contributed by atoms with Gasteiger partial charge < -0.3 is 10.6 Å². The lowest BCUT2D eigenvalue weighted by Crippen LogP contribution is -2.53. The lowest BCUT2D eigenvalue weighted by Gasteiger charge is -2.39. The number of benzene rings is 1. The van der Waals surface area contributed by atoms with Crippen LogP contribution in [0.4, 0.5) is 5.69 Å². The fourth-order valence-corrected chi connectivity index (χ4v) is 3.19. The number of halogens is 1. The number of nitro groups is 1. The topological polar surface area (TPSA) is 89.5 Å². The van der Waals surface area contributed by atoms with Crippen molar-refractivity contribution in [2.24, 2.45) is 11.7 Å². The van der Waals surface area contributed by atoms with E-state index in [1.165, 1.54) is 6.07 Å². The average Bonchev–Trinajstić information content (AvgIpc) is 2.46. The predicted molar refractivity (Wildman–Crippen MR) is 91.4 cm³/mol. The fraction of sp³-hybridized carbons (Fsp3) is 0.562. The molecule has 0 saturated heterocycles. The second-order valence-electron chi connectivity index (χ2n) is 6.38. The molecule has 1 aliphatic rings. The van der Waals surface area contributed by atoms with Gasteiger partial charge in [0.2, 0.25) is 5.91 Å². The van der Waals surface area contributed by atoms with Crippen LogP contribution in [0.1, 0.15) is 38.2 Å². The summed E-state index contributed by atoms with van der Waals surface area (Å²) < 4.78 is 0. The van der Waals surface area contributed by atoms with E-state index in [2.05, 4.69) is 0 Å². The highest BCUT2D eigenvalue weighted by Crippen LogP contribution is 2.33. The molecular formula is C16H24ClN3O3. The zero-order valence-electron chi connectivity index (χ0n) is 13.5. The predicted octanol–water partition coefficient (Wildman–Crippen LogP) is 2.88. The molecule has 1 aromatic rings. The summed E-state index contributed by atoms with van der Waals surface area (Å²) in [6.45, 7) is 2.15. The van der Waals surface area contributed by atoms with E-state index in [4.69, 9.17) is 5.73 Å². The third-order valence-electron chi connectivity index (χ3n) is 4.52. The van der Waals surface area contributed by atoms with Gasteiger partial charge in [-0.15, -0.1) is 12.4 Å². The molecule has 0 spiro atoms. The minimum atomic E-state index is -0.494. The first-order valence-electron chi connectivity index (χ1n) is 7.59. The first kappa shape index (κ1) is 19.4. The third-order valence-corrected chi connectivity index (χ3v) is 4.52. The number of nitrogens with zero attached hydrogens (tertiary/aromatic N) is 2. The summed E-state index contributed by atoms with van der Waals surface area (Å²) in [7, 11) is 1.68. The molecule has 0 heterocycles. The largest absolute Gasteiger partial charge is 0.341 e. The van der Waals surface area contributed by atoms with E-state index in [0.717, 1.165) is 25.7 Å². The van der Waals surface area contributed by atoms with Crippen LogP contribution in [0.5, 0.6) is 0 Å². The molecule has 2 atom stereocenters. The average molecular weight is 342 g/mol. The number of para-hydroxylation sites is 1. The van der Waals surface area contributed by atoms with Gasteiger partial charge in [0.25, 0.3) is 5.69 Å². The van der Waals surface area contributed by atoms with Gasteiger partial charge in [0.15, 0.2) is 0 Å². The summed E-state index contributed by atoms with van der Waals surface area (Å²) in [6.07, 6.45) is 3.67. The number of carbonyl (C=O) groups excluding carboxylic acids is 1. The smallest absolute Gasteiger partial charge is 0.274 e. The second kappa shape index (κ2) is 7.75. The Hall–Kier alpha value is -1.66. The number of rotatable bonds is 4. The molecule has 2 rings (SSSR count). The lowest BCUT2D eigenvalue weighted by molar-refractivity contribution is -0.385. The molecule has 23 heavy (non-hydrogen) atoms. The van der Waals surface area contributed by atoms with Crippen LogP contribution in [0, 0.1) is 16.0 Å². The van der Waals surface area contributed by atoms with Crippen LogP contribution in [0.2, 0.25) is 0 Å². The molecule has 0 radical (unpaired) electrons. The Morgan fingerprint density at radius 2 is 2.09 bits per heavy atom. The van der Waals surface area contributed by atoms with E-state index >= 15 is 0 Å². The van der Waals surface area contributed by atoms with Crippen molar-refractivity contribution in [2.75, 3.05) is 7.05 Å². The van der Waals surface area contributed by atoms with Crippen LogP contribution in [0.25, 0.3) is 0 Å². The Balaban J connectivity index is 0.00000264. The molecule has 1 fully saturated rings. The highest BCUT2D eigenvalue weighted by molar-refractivity contribution is 5.85. The van der Waals surface area contributed by atoms with Gasteiger partial charge in [0.05, 0.1) is 17.4 Å². The maximum absolute atomic E-state index is 12.7. The zero-order valence-corrected chi connectivity index (χ0v) is 14.3. The molecule has 0 aromatic heterocycles.